The molecule has 0 aliphatic carbocycles. The Morgan fingerprint density at radius 3 is 2.28 bits per heavy atom. The van der Waals surface area contributed by atoms with Gasteiger partial charge >= 0.3 is 5.97 Å². The molecule has 3 aromatic rings. The SMILES string of the molecule is CCCCc1ccc(CN(CC(=O)O)C(=O)c2ccc3c(c2)CC[C@@](C)(Cc2ccc(C(C)C)cc2)O3)cc1. The Balaban J connectivity index is 1.45. The fourth-order valence-electron chi connectivity index (χ4n) is 5.26. The van der Waals surface area contributed by atoms with Crippen molar-refractivity contribution >= 4 is 11.9 Å². The lowest BCUT2D eigenvalue weighted by molar-refractivity contribution is -0.137. The molecular weight excluding hydrogens is 486 g/mol. The van der Waals surface area contributed by atoms with Gasteiger partial charge in [0, 0.05) is 18.5 Å². The van der Waals surface area contributed by atoms with Crippen molar-refractivity contribution in [2.45, 2.75) is 84.3 Å². The molecule has 0 unspecified atom stereocenters. The lowest BCUT2D eigenvalue weighted by atomic mass is 9.86. The van der Waals surface area contributed by atoms with Crippen LogP contribution in [0.2, 0.25) is 0 Å². The van der Waals surface area contributed by atoms with Gasteiger partial charge in [-0.2, -0.15) is 0 Å². The zero-order valence-electron chi connectivity index (χ0n) is 23.7. The standard InChI is InChI=1S/C34H41NO4/c1-5-6-7-25-8-10-27(11-9-25)22-35(23-32(36)37)33(38)30-16-17-31-29(20-30)18-19-34(4,39-31)21-26-12-14-28(15-13-26)24(2)3/h8-17,20,24H,5-7,18-19,21-23H2,1-4H3,(H,36,37)/t34-/m0/s1. The first-order valence-corrected chi connectivity index (χ1v) is 14.2. The highest BCUT2D eigenvalue weighted by molar-refractivity contribution is 5.96. The van der Waals surface area contributed by atoms with Crippen LogP contribution in [0.15, 0.2) is 66.7 Å². The Morgan fingerprint density at radius 1 is 0.974 bits per heavy atom. The molecule has 1 aliphatic rings. The number of rotatable bonds is 11. The fraction of sp³-hybridized carbons (Fsp3) is 0.412. The molecule has 0 aromatic heterocycles. The molecule has 1 N–H and O–H groups in total. The Morgan fingerprint density at radius 2 is 1.64 bits per heavy atom. The minimum Gasteiger partial charge on any atom is -0.487 e. The Bertz CT molecular complexity index is 1280. The maximum atomic E-state index is 13.4. The highest BCUT2D eigenvalue weighted by Crippen LogP contribution is 2.36. The number of unbranched alkanes of at least 4 members (excludes halogenated alkanes) is 1. The van der Waals surface area contributed by atoms with Gasteiger partial charge in [0.05, 0.1) is 0 Å². The number of carbonyl (C=O) groups excluding carboxylic acids is 1. The van der Waals surface area contributed by atoms with E-state index < -0.39 is 5.97 Å². The number of benzene rings is 3. The average Bonchev–Trinajstić information content (AvgIpc) is 2.91. The summed E-state index contributed by atoms with van der Waals surface area (Å²) in [6, 6.07) is 22.4. The van der Waals surface area contributed by atoms with Gasteiger partial charge in [0.15, 0.2) is 0 Å². The van der Waals surface area contributed by atoms with Gasteiger partial charge in [0.2, 0.25) is 0 Å². The van der Waals surface area contributed by atoms with Crippen LogP contribution in [0.4, 0.5) is 0 Å². The minimum absolute atomic E-state index is 0.250. The predicted octanol–water partition coefficient (Wildman–Crippen LogP) is 7.21. The molecule has 1 aliphatic heterocycles. The molecule has 0 spiro atoms. The number of carbonyl (C=O) groups is 2. The quantitative estimate of drug-likeness (QED) is 0.286. The summed E-state index contributed by atoms with van der Waals surface area (Å²) in [5, 5.41) is 9.50. The van der Waals surface area contributed by atoms with Crippen LogP contribution in [-0.4, -0.2) is 34.0 Å². The summed E-state index contributed by atoms with van der Waals surface area (Å²) in [6.07, 6.45) is 5.75. The van der Waals surface area contributed by atoms with Crippen molar-refractivity contribution in [3.05, 3.63) is 100 Å². The van der Waals surface area contributed by atoms with E-state index in [1.54, 1.807) is 6.07 Å². The molecule has 1 heterocycles. The van der Waals surface area contributed by atoms with E-state index in [2.05, 4.69) is 64.1 Å². The van der Waals surface area contributed by atoms with Crippen LogP contribution in [0.25, 0.3) is 0 Å². The van der Waals surface area contributed by atoms with E-state index in [-0.39, 0.29) is 24.6 Å². The number of hydrogen-bond acceptors (Lipinski definition) is 3. The second kappa shape index (κ2) is 12.5. The predicted molar refractivity (Wildman–Crippen MR) is 155 cm³/mol. The third kappa shape index (κ3) is 7.50. The maximum Gasteiger partial charge on any atom is 0.323 e. The number of amides is 1. The number of hydrogen-bond donors (Lipinski definition) is 1. The van der Waals surface area contributed by atoms with Gasteiger partial charge < -0.3 is 14.7 Å². The van der Waals surface area contributed by atoms with Crippen LogP contribution in [0.1, 0.15) is 91.1 Å². The van der Waals surface area contributed by atoms with E-state index >= 15 is 0 Å². The van der Waals surface area contributed by atoms with Gasteiger partial charge in [0.25, 0.3) is 5.91 Å². The van der Waals surface area contributed by atoms with E-state index in [1.165, 1.54) is 21.6 Å². The maximum absolute atomic E-state index is 13.4. The summed E-state index contributed by atoms with van der Waals surface area (Å²) in [5.41, 5.74) is 5.91. The minimum atomic E-state index is -1.03. The zero-order chi connectivity index (χ0) is 28.0. The van der Waals surface area contributed by atoms with E-state index in [1.807, 2.05) is 24.3 Å². The third-order valence-corrected chi connectivity index (χ3v) is 7.64. The number of nitrogens with zero attached hydrogens (tertiary/aromatic N) is 1. The van der Waals surface area contributed by atoms with Crippen molar-refractivity contribution in [1.29, 1.82) is 0 Å². The number of ether oxygens (including phenoxy) is 1. The molecule has 0 fully saturated rings. The van der Waals surface area contributed by atoms with Crippen LogP contribution < -0.4 is 4.74 Å². The number of carboxylic acids is 1. The first kappa shape index (κ1) is 28.4. The Labute approximate surface area is 232 Å². The zero-order valence-corrected chi connectivity index (χ0v) is 23.7. The molecule has 0 radical (unpaired) electrons. The van der Waals surface area contributed by atoms with Crippen molar-refractivity contribution < 1.29 is 19.4 Å². The highest BCUT2D eigenvalue weighted by atomic mass is 16.5. The smallest absolute Gasteiger partial charge is 0.323 e. The van der Waals surface area contributed by atoms with Crippen molar-refractivity contribution in [1.82, 2.24) is 4.90 Å². The second-order valence-electron chi connectivity index (χ2n) is 11.4. The van der Waals surface area contributed by atoms with Gasteiger partial charge in [-0.3, -0.25) is 9.59 Å². The van der Waals surface area contributed by atoms with Crippen LogP contribution >= 0.6 is 0 Å². The van der Waals surface area contributed by atoms with Crippen molar-refractivity contribution in [3.63, 3.8) is 0 Å². The fourth-order valence-corrected chi connectivity index (χ4v) is 5.26. The molecule has 5 nitrogen and oxygen atoms in total. The molecule has 1 atom stereocenters. The van der Waals surface area contributed by atoms with E-state index in [0.29, 0.717) is 11.5 Å². The van der Waals surface area contributed by atoms with Crippen LogP contribution in [0.5, 0.6) is 5.75 Å². The van der Waals surface area contributed by atoms with Gasteiger partial charge in [-0.15, -0.1) is 0 Å². The average molecular weight is 528 g/mol. The molecule has 0 saturated carbocycles. The molecular formula is C34H41NO4. The molecule has 4 rings (SSSR count). The first-order valence-electron chi connectivity index (χ1n) is 14.2. The van der Waals surface area contributed by atoms with Crippen LogP contribution in [0.3, 0.4) is 0 Å². The molecule has 0 bridgehead atoms. The second-order valence-corrected chi connectivity index (χ2v) is 11.4. The van der Waals surface area contributed by atoms with Gasteiger partial charge in [0.1, 0.15) is 17.9 Å². The van der Waals surface area contributed by atoms with Crippen molar-refractivity contribution in [2.75, 3.05) is 6.54 Å². The first-order chi connectivity index (χ1) is 18.7. The number of carboxylic acid groups (broad SMARTS) is 1. The summed E-state index contributed by atoms with van der Waals surface area (Å²) in [6.45, 7) is 8.61. The molecule has 39 heavy (non-hydrogen) atoms. The van der Waals surface area contributed by atoms with Crippen molar-refractivity contribution in [3.8, 4) is 5.75 Å². The summed E-state index contributed by atoms with van der Waals surface area (Å²) >= 11 is 0. The van der Waals surface area contributed by atoms with Gasteiger partial charge in [-0.05, 0) is 84.5 Å². The molecule has 1 amide bonds. The van der Waals surface area contributed by atoms with Crippen LogP contribution in [-0.2, 0) is 30.6 Å². The number of aliphatic carboxylic acids is 1. The third-order valence-electron chi connectivity index (χ3n) is 7.64. The summed E-state index contributed by atoms with van der Waals surface area (Å²) in [4.78, 5) is 26.4. The number of fused-ring (bicyclic) bond motifs is 1. The van der Waals surface area contributed by atoms with E-state index in [4.69, 9.17) is 4.74 Å². The topological polar surface area (TPSA) is 66.8 Å². The largest absolute Gasteiger partial charge is 0.487 e. The molecule has 5 heteroatoms. The summed E-state index contributed by atoms with van der Waals surface area (Å²) < 4.78 is 6.48. The molecule has 0 saturated heterocycles. The Kier molecular flexibility index (Phi) is 9.11. The monoisotopic (exact) mass is 527 g/mol. The van der Waals surface area contributed by atoms with Crippen molar-refractivity contribution in [2.24, 2.45) is 0 Å². The van der Waals surface area contributed by atoms with E-state index in [0.717, 1.165) is 55.4 Å². The van der Waals surface area contributed by atoms with Crippen LogP contribution in [0, 0.1) is 0 Å². The van der Waals surface area contributed by atoms with Gasteiger partial charge in [-0.25, -0.2) is 0 Å². The summed E-state index contributed by atoms with van der Waals surface area (Å²) in [7, 11) is 0. The Hall–Kier alpha value is -3.60. The normalized spacial score (nSPS) is 16.4. The van der Waals surface area contributed by atoms with E-state index in [9.17, 15) is 14.7 Å². The lowest BCUT2D eigenvalue weighted by Crippen LogP contribution is -2.39. The lowest BCUT2D eigenvalue weighted by Gasteiger charge is -2.36. The number of aryl methyl sites for hydroxylation is 2. The summed E-state index contributed by atoms with van der Waals surface area (Å²) in [5.74, 6) is -0.00587. The highest BCUT2D eigenvalue weighted by Gasteiger charge is 2.32. The molecule has 3 aromatic carbocycles. The van der Waals surface area contributed by atoms with Gasteiger partial charge in [-0.1, -0.05) is 75.7 Å². The molecule has 206 valence electrons.